The van der Waals surface area contributed by atoms with E-state index in [1.54, 1.807) is 6.20 Å². The number of benzene rings is 1. The molecule has 1 aromatic carbocycles. The van der Waals surface area contributed by atoms with Gasteiger partial charge in [-0.3, -0.25) is 14.6 Å². The van der Waals surface area contributed by atoms with Crippen LogP contribution in [0.1, 0.15) is 34.1 Å². The summed E-state index contributed by atoms with van der Waals surface area (Å²) in [5.74, 6) is -0.241. The summed E-state index contributed by atoms with van der Waals surface area (Å²) in [6, 6.07) is 7.86. The van der Waals surface area contributed by atoms with Crippen molar-refractivity contribution in [1.82, 2.24) is 9.55 Å². The minimum Gasteiger partial charge on any atom is -0.311 e. The number of ketones is 1. The molecule has 4 rings (SSSR count). The lowest BCUT2D eigenvalue weighted by Gasteiger charge is -2.16. The third kappa shape index (κ3) is 1.76. The number of hydrogen-bond acceptors (Lipinski definition) is 3. The van der Waals surface area contributed by atoms with Crippen LogP contribution in [0.2, 0.25) is 0 Å². The van der Waals surface area contributed by atoms with E-state index in [2.05, 4.69) is 4.98 Å². The van der Waals surface area contributed by atoms with Crippen LogP contribution in [0, 0.1) is 6.92 Å². The van der Waals surface area contributed by atoms with E-state index in [4.69, 9.17) is 7.85 Å². The summed E-state index contributed by atoms with van der Waals surface area (Å²) in [5.41, 5.74) is 4.79. The molecule has 0 bridgehead atoms. The van der Waals surface area contributed by atoms with Crippen LogP contribution in [0.15, 0.2) is 35.3 Å². The van der Waals surface area contributed by atoms with Gasteiger partial charge in [0.05, 0.1) is 11.1 Å². The van der Waals surface area contributed by atoms with Crippen molar-refractivity contribution < 1.29 is 4.79 Å². The average Bonchev–Trinajstić information content (AvgIpc) is 2.89. The summed E-state index contributed by atoms with van der Waals surface area (Å²) < 4.78 is 1.93. The zero-order chi connectivity index (χ0) is 16.3. The maximum atomic E-state index is 12.8. The zero-order valence-electron chi connectivity index (χ0n) is 12.9. The van der Waals surface area contributed by atoms with Crippen LogP contribution in [-0.2, 0) is 6.42 Å². The number of carbonyl (C=O) groups excluding carboxylic acids is 1. The Morgan fingerprint density at radius 2 is 2.04 bits per heavy atom. The van der Waals surface area contributed by atoms with Crippen molar-refractivity contribution >= 4 is 30.1 Å². The van der Waals surface area contributed by atoms with Crippen molar-refractivity contribution in [2.24, 2.45) is 0 Å². The van der Waals surface area contributed by atoms with Gasteiger partial charge in [0.2, 0.25) is 5.43 Å². The highest BCUT2D eigenvalue weighted by Gasteiger charge is 2.28. The fourth-order valence-corrected chi connectivity index (χ4v) is 3.35. The molecular weight excluding hydrogens is 287 g/mol. The van der Waals surface area contributed by atoms with Crippen LogP contribution < -0.4 is 10.9 Å². The molecule has 4 nitrogen and oxygen atoms in total. The lowest BCUT2D eigenvalue weighted by molar-refractivity contribution is 0.101. The fourth-order valence-electron chi connectivity index (χ4n) is 3.35. The molecule has 2 radical (unpaired) electrons. The molecule has 2 aromatic heterocycles. The number of aryl methyl sites for hydroxylation is 1. The van der Waals surface area contributed by atoms with Gasteiger partial charge < -0.3 is 4.57 Å². The van der Waals surface area contributed by atoms with E-state index in [0.29, 0.717) is 23.1 Å². The first-order valence-corrected chi connectivity index (χ1v) is 7.42. The van der Waals surface area contributed by atoms with Gasteiger partial charge in [-0.1, -0.05) is 23.7 Å². The van der Waals surface area contributed by atoms with Crippen molar-refractivity contribution in [3.8, 4) is 5.69 Å². The Labute approximate surface area is 134 Å². The second kappa shape index (κ2) is 4.65. The SMILES string of the molecule is [B]c1c(C)cnc2c(=O)c(C(C)=O)c3n(c12)-c1ccccc1C3. The second-order valence-electron chi connectivity index (χ2n) is 5.90. The average molecular weight is 300 g/mol. The molecule has 0 saturated heterocycles. The van der Waals surface area contributed by atoms with E-state index < -0.39 is 0 Å². The monoisotopic (exact) mass is 300 g/mol. The molecule has 0 unspecified atom stereocenters. The normalized spacial score (nSPS) is 12.3. The van der Waals surface area contributed by atoms with Crippen molar-refractivity contribution in [2.45, 2.75) is 20.3 Å². The molecule has 0 saturated carbocycles. The van der Waals surface area contributed by atoms with Gasteiger partial charge in [-0.2, -0.15) is 0 Å². The van der Waals surface area contributed by atoms with E-state index >= 15 is 0 Å². The Balaban J connectivity index is 2.31. The smallest absolute Gasteiger partial charge is 0.218 e. The van der Waals surface area contributed by atoms with E-state index in [9.17, 15) is 9.59 Å². The molecule has 0 spiro atoms. The van der Waals surface area contributed by atoms with Crippen molar-refractivity contribution in [3.63, 3.8) is 0 Å². The first-order valence-electron chi connectivity index (χ1n) is 7.42. The lowest BCUT2D eigenvalue weighted by Crippen LogP contribution is -2.26. The first kappa shape index (κ1) is 13.9. The van der Waals surface area contributed by atoms with E-state index in [1.165, 1.54) is 6.92 Å². The Kier molecular flexibility index (Phi) is 2.82. The predicted octanol–water partition coefficient (Wildman–Crippen LogP) is 1.59. The van der Waals surface area contributed by atoms with E-state index in [1.807, 2.05) is 35.8 Å². The fraction of sp³-hybridized carbons (Fsp3) is 0.167. The minimum atomic E-state index is -0.335. The van der Waals surface area contributed by atoms with Gasteiger partial charge in [-0.05, 0) is 31.0 Å². The van der Waals surface area contributed by atoms with Gasteiger partial charge in [0.25, 0.3) is 0 Å². The number of aromatic nitrogens is 2. The molecule has 5 heteroatoms. The van der Waals surface area contributed by atoms with Gasteiger partial charge in [0.15, 0.2) is 5.78 Å². The molecule has 23 heavy (non-hydrogen) atoms. The predicted molar refractivity (Wildman–Crippen MR) is 90.3 cm³/mol. The Morgan fingerprint density at radius 1 is 1.30 bits per heavy atom. The minimum absolute atomic E-state index is 0.212. The van der Waals surface area contributed by atoms with E-state index in [-0.39, 0.29) is 22.3 Å². The quantitative estimate of drug-likeness (QED) is 0.396. The molecule has 1 aliphatic heterocycles. The van der Waals surface area contributed by atoms with Gasteiger partial charge in [0, 0.05) is 24.0 Å². The standard InChI is InChI=1S/C18H13BN2O2/c1-9-8-20-16-17(15(9)19)21-12-6-4-3-5-11(12)7-13(21)14(10(2)22)18(16)23/h3-6,8H,7H2,1-2H3. The van der Waals surface area contributed by atoms with Crippen LogP contribution in [0.3, 0.4) is 0 Å². The highest BCUT2D eigenvalue weighted by Crippen LogP contribution is 2.31. The number of Topliss-reactive ketones (excluding diaryl/α,β-unsaturated/α-hetero) is 1. The van der Waals surface area contributed by atoms with Crippen LogP contribution in [-0.4, -0.2) is 23.2 Å². The molecule has 0 aliphatic carbocycles. The number of para-hydroxylation sites is 1. The summed E-state index contributed by atoms with van der Waals surface area (Å²) in [6.45, 7) is 3.28. The third-order valence-corrected chi connectivity index (χ3v) is 4.46. The Morgan fingerprint density at radius 3 is 2.78 bits per heavy atom. The largest absolute Gasteiger partial charge is 0.311 e. The Hall–Kier alpha value is -2.69. The summed E-state index contributed by atoms with van der Waals surface area (Å²) >= 11 is 0. The van der Waals surface area contributed by atoms with Crippen molar-refractivity contribution in [1.29, 1.82) is 0 Å². The topological polar surface area (TPSA) is 52.0 Å². The summed E-state index contributed by atoms with van der Waals surface area (Å²) in [7, 11) is 6.26. The Bertz CT molecular complexity index is 1070. The van der Waals surface area contributed by atoms with Gasteiger partial charge in [-0.25, -0.2) is 0 Å². The van der Waals surface area contributed by atoms with Gasteiger partial charge >= 0.3 is 0 Å². The zero-order valence-corrected chi connectivity index (χ0v) is 12.9. The molecule has 0 fully saturated rings. The van der Waals surface area contributed by atoms with E-state index in [0.717, 1.165) is 16.8 Å². The lowest BCUT2D eigenvalue weighted by atomic mass is 9.89. The molecule has 0 atom stereocenters. The number of rotatable bonds is 1. The number of hydrogen-bond donors (Lipinski definition) is 0. The third-order valence-electron chi connectivity index (χ3n) is 4.46. The van der Waals surface area contributed by atoms with Crippen molar-refractivity contribution in [3.05, 3.63) is 63.1 Å². The van der Waals surface area contributed by atoms with Crippen molar-refractivity contribution in [2.75, 3.05) is 0 Å². The maximum absolute atomic E-state index is 12.8. The van der Waals surface area contributed by atoms with Crippen LogP contribution >= 0.6 is 0 Å². The maximum Gasteiger partial charge on any atom is 0.218 e. The first-order chi connectivity index (χ1) is 11.0. The summed E-state index contributed by atoms with van der Waals surface area (Å²) in [5, 5.41) is 0. The van der Waals surface area contributed by atoms with Crippen LogP contribution in [0.25, 0.3) is 16.7 Å². The second-order valence-corrected chi connectivity index (χ2v) is 5.90. The molecule has 3 aromatic rings. The van der Waals surface area contributed by atoms with Gasteiger partial charge in [-0.15, -0.1) is 0 Å². The molecule has 3 heterocycles. The molecule has 0 amide bonds. The van der Waals surface area contributed by atoms with Crippen LogP contribution in [0.5, 0.6) is 0 Å². The van der Waals surface area contributed by atoms with Crippen LogP contribution in [0.4, 0.5) is 0 Å². The van der Waals surface area contributed by atoms with Gasteiger partial charge in [0.1, 0.15) is 13.4 Å². The summed E-state index contributed by atoms with van der Waals surface area (Å²) in [4.78, 5) is 29.2. The highest BCUT2D eigenvalue weighted by atomic mass is 16.1. The highest BCUT2D eigenvalue weighted by molar-refractivity contribution is 6.39. The molecule has 110 valence electrons. The number of fused-ring (bicyclic) bond motifs is 5. The number of pyridine rings is 2. The molecular formula is C18H13BN2O2. The summed E-state index contributed by atoms with van der Waals surface area (Å²) in [6.07, 6.45) is 2.13. The molecule has 0 N–H and O–H groups in total. The number of nitrogens with zero attached hydrogens (tertiary/aromatic N) is 2. The number of carbonyl (C=O) groups is 1. The molecule has 1 aliphatic rings.